The van der Waals surface area contributed by atoms with E-state index in [0.717, 1.165) is 0 Å². The summed E-state index contributed by atoms with van der Waals surface area (Å²) in [5.41, 5.74) is 0. The van der Waals surface area contributed by atoms with Crippen LogP contribution in [-0.2, 0) is 21.1 Å². The first-order chi connectivity index (χ1) is 4.64. The summed E-state index contributed by atoms with van der Waals surface area (Å²) in [4.78, 5) is 8.95. The maximum absolute atomic E-state index is 10.6. The van der Waals surface area contributed by atoms with E-state index in [1.54, 1.807) is 6.92 Å². The van der Waals surface area contributed by atoms with Crippen LogP contribution in [-0.4, -0.2) is 17.5 Å². The monoisotopic (exact) mass is 268 g/mol. The fourth-order valence-corrected chi connectivity index (χ4v) is 0. The predicted octanol–water partition coefficient (Wildman–Crippen LogP) is 2.02. The Labute approximate surface area is 75.0 Å². The molecule has 0 aliphatic carbocycles. The zero-order valence-electron chi connectivity index (χ0n) is 5.48. The van der Waals surface area contributed by atoms with Gasteiger partial charge in [0, 0.05) is 0 Å². The average molecular weight is 270 g/mol. The Kier molecular flexibility index (Phi) is 27.2. The predicted molar refractivity (Wildman–Crippen MR) is 33.6 cm³/mol. The van der Waals surface area contributed by atoms with E-state index in [2.05, 4.69) is 20.5 Å². The van der Waals surface area contributed by atoms with E-state index in [9.17, 15) is 8.78 Å². The summed E-state index contributed by atoms with van der Waals surface area (Å²) in [7, 11) is 0. The molecule has 0 amide bonds. The summed E-state index contributed by atoms with van der Waals surface area (Å²) in [6.45, 7) is 5.00. The zero-order valence-corrected chi connectivity index (χ0v) is 10.0. The molecular weight excluding hydrogens is 263 g/mol. The van der Waals surface area contributed by atoms with Crippen molar-refractivity contribution in [2.45, 2.75) is 13.3 Å². The third-order valence-electron chi connectivity index (χ3n) is 0.187. The molecule has 0 aliphatic rings. The molecule has 0 unspecified atom stereocenters. The van der Waals surface area contributed by atoms with Crippen molar-refractivity contribution in [2.75, 3.05) is 0 Å². The van der Waals surface area contributed by atoms with Gasteiger partial charge >= 0.3 is 42.4 Å². The third-order valence-corrected chi connectivity index (χ3v) is 0.187. The Morgan fingerprint density at radius 2 is 1.70 bits per heavy atom. The van der Waals surface area contributed by atoms with Crippen LogP contribution in [0, 0.1) is 6.92 Å². The molecule has 0 aliphatic heterocycles. The molecule has 0 bridgehead atoms. The summed E-state index contributed by atoms with van der Waals surface area (Å²) in [6.07, 6.45) is -3.23. The molecule has 0 fully saturated rings. The van der Waals surface area contributed by atoms with Crippen LogP contribution in [0.4, 0.5) is 8.78 Å². The van der Waals surface area contributed by atoms with Gasteiger partial charge in [-0.05, 0) is 0 Å². The van der Waals surface area contributed by atoms with Crippen LogP contribution in [0.3, 0.4) is 0 Å². The van der Waals surface area contributed by atoms with E-state index in [0.29, 0.717) is 0 Å². The van der Waals surface area contributed by atoms with Crippen LogP contribution in [0.5, 0.6) is 0 Å². The number of hydrogen-bond acceptors (Lipinski definition) is 1. The molecule has 0 saturated heterocycles. The minimum absolute atomic E-state index is 1.19. The number of alkyl halides is 2. The fraction of sp³-hybridized carbons (Fsp3) is 0.500. The maximum atomic E-state index is 10.6. The van der Waals surface area contributed by atoms with Gasteiger partial charge in [0.25, 0.3) is 0 Å². The standard InChI is InChI=1S/C2H2F2O2.C2H5.BrH.Zn/c3-1(4)2(5)6;1-2;;/h1H,(H,5,6);1H2,2H3;1H;/q;-1;;+2/p-1. The van der Waals surface area contributed by atoms with Gasteiger partial charge in [0.1, 0.15) is 0 Å². The van der Waals surface area contributed by atoms with E-state index >= 15 is 0 Å². The number of carboxylic acid groups (broad SMARTS) is 1. The Hall–Kier alpha value is 0.433. The molecule has 0 saturated carbocycles. The summed E-state index contributed by atoms with van der Waals surface area (Å²) in [5, 5.41) is 7.24. The van der Waals surface area contributed by atoms with E-state index in [1.807, 2.05) is 0 Å². The summed E-state index contributed by atoms with van der Waals surface area (Å²) in [5.74, 6) is -2.07. The second kappa shape index (κ2) is 16.2. The van der Waals surface area contributed by atoms with Crippen molar-refractivity contribution in [2.24, 2.45) is 0 Å². The first kappa shape index (κ1) is 16.8. The van der Waals surface area contributed by atoms with E-state index < -0.39 is 12.4 Å². The molecule has 1 N–H and O–H groups in total. The summed E-state index contributed by atoms with van der Waals surface area (Å²) in [6, 6.07) is 0. The number of hydrogen-bond donors (Lipinski definition) is 1. The second-order valence-corrected chi connectivity index (χ2v) is 0.639. The summed E-state index contributed by atoms with van der Waals surface area (Å²) < 4.78 is 21.1. The normalized spacial score (nSPS) is 6.80. The van der Waals surface area contributed by atoms with E-state index in [1.165, 1.54) is 16.3 Å². The van der Waals surface area contributed by atoms with Crippen LogP contribution in [0.15, 0.2) is 0 Å². The quantitative estimate of drug-likeness (QED) is 0.584. The molecule has 0 aromatic heterocycles. The van der Waals surface area contributed by atoms with E-state index in [-0.39, 0.29) is 0 Å². The van der Waals surface area contributed by atoms with Gasteiger partial charge in [-0.1, -0.05) is 0 Å². The Morgan fingerprint density at radius 1 is 1.60 bits per heavy atom. The van der Waals surface area contributed by atoms with Gasteiger partial charge in [0.15, 0.2) is 0 Å². The molecule has 58 valence electrons. The van der Waals surface area contributed by atoms with Crippen molar-refractivity contribution in [3.8, 4) is 0 Å². The summed E-state index contributed by atoms with van der Waals surface area (Å²) >= 11 is 4.25. The molecule has 0 heterocycles. The van der Waals surface area contributed by atoms with Gasteiger partial charge in [-0.25, -0.2) is 4.79 Å². The number of carboxylic acids is 1. The van der Waals surface area contributed by atoms with Gasteiger partial charge in [0.2, 0.25) is 0 Å². The number of halogens is 3. The SMILES string of the molecule is O=C(O)C(F)F.[CH2-]C.[Zn+][Br]. The van der Waals surface area contributed by atoms with Crippen molar-refractivity contribution < 1.29 is 35.0 Å². The van der Waals surface area contributed by atoms with Crippen LogP contribution < -0.4 is 0 Å². The van der Waals surface area contributed by atoms with Crippen LogP contribution >= 0.6 is 13.6 Å². The van der Waals surface area contributed by atoms with Crippen LogP contribution in [0.2, 0.25) is 0 Å². The number of aliphatic carboxylic acids is 1. The molecule has 0 aromatic carbocycles. The van der Waals surface area contributed by atoms with Gasteiger partial charge in [-0.3, -0.25) is 0 Å². The molecule has 0 spiro atoms. The van der Waals surface area contributed by atoms with Gasteiger partial charge in [-0.2, -0.15) is 15.7 Å². The van der Waals surface area contributed by atoms with Crippen LogP contribution in [0.25, 0.3) is 0 Å². The Morgan fingerprint density at radius 3 is 1.70 bits per heavy atom. The molecule has 10 heavy (non-hydrogen) atoms. The Bertz CT molecular complexity index is 72.3. The van der Waals surface area contributed by atoms with Crippen molar-refractivity contribution in [1.82, 2.24) is 0 Å². The first-order valence-corrected chi connectivity index (χ1v) is 9.08. The molecule has 0 atom stereocenters. The van der Waals surface area contributed by atoms with Crippen molar-refractivity contribution in [3.05, 3.63) is 6.92 Å². The molecule has 0 rings (SSSR count). The molecule has 0 radical (unpaired) electrons. The van der Waals surface area contributed by atoms with Gasteiger partial charge < -0.3 is 12.0 Å². The molecule has 2 nitrogen and oxygen atoms in total. The fourth-order valence-electron chi connectivity index (χ4n) is 0. The topological polar surface area (TPSA) is 37.3 Å². The van der Waals surface area contributed by atoms with Crippen molar-refractivity contribution in [1.29, 1.82) is 0 Å². The molecule has 6 heteroatoms. The van der Waals surface area contributed by atoms with Gasteiger partial charge in [0.05, 0.1) is 0 Å². The number of rotatable bonds is 1. The molecular formula is C4H7BrF2O2Zn. The van der Waals surface area contributed by atoms with Crippen molar-refractivity contribution in [3.63, 3.8) is 0 Å². The zero-order chi connectivity index (χ0) is 9.15. The number of carbonyl (C=O) groups is 1. The third kappa shape index (κ3) is 23.7. The molecule has 0 aromatic rings. The Balaban J connectivity index is -0.000000105. The minimum atomic E-state index is -3.23. The average Bonchev–Trinajstić information content (AvgIpc) is 1.96. The first-order valence-electron chi connectivity index (χ1n) is 2.13. The van der Waals surface area contributed by atoms with Gasteiger partial charge in [-0.15, -0.1) is 0 Å². The van der Waals surface area contributed by atoms with Crippen molar-refractivity contribution >= 4 is 19.6 Å². The second-order valence-electron chi connectivity index (χ2n) is 0.639. The van der Waals surface area contributed by atoms with E-state index in [4.69, 9.17) is 9.90 Å². The van der Waals surface area contributed by atoms with Crippen LogP contribution in [0.1, 0.15) is 6.92 Å².